The summed E-state index contributed by atoms with van der Waals surface area (Å²) < 4.78 is 75.9. The number of benzene rings is 1. The molecular weight excluding hydrogens is 351 g/mol. The number of hydrogen-bond donors (Lipinski definition) is 1. The minimum atomic E-state index is -4.48. The largest absolute Gasteiger partial charge is 0.487 e. The highest BCUT2D eigenvalue weighted by molar-refractivity contribution is 5.37. The van der Waals surface area contributed by atoms with E-state index in [1.165, 1.54) is 24.3 Å². The predicted octanol–water partition coefficient (Wildman–Crippen LogP) is 3.08. The summed E-state index contributed by atoms with van der Waals surface area (Å²) in [5, 5.41) is 12.9. The Hall–Kier alpha value is -2.20. The fraction of sp³-hybridized carbons (Fsp3) is 0.400. The van der Waals surface area contributed by atoms with Crippen LogP contribution >= 0.6 is 0 Å². The minimum Gasteiger partial charge on any atom is -0.487 e. The summed E-state index contributed by atoms with van der Waals surface area (Å²) in [6.07, 6.45) is -5.72. The van der Waals surface area contributed by atoms with E-state index >= 15 is 0 Å². The number of ether oxygens (including phenoxy) is 2. The Labute approximate surface area is 139 Å². The zero-order chi connectivity index (χ0) is 18.7. The molecule has 0 aliphatic heterocycles. The fourth-order valence-electron chi connectivity index (χ4n) is 2.10. The molecule has 0 spiro atoms. The smallest absolute Gasteiger partial charge is 0.408 e. The molecule has 1 unspecified atom stereocenters. The van der Waals surface area contributed by atoms with Gasteiger partial charge >= 0.3 is 12.1 Å². The number of rotatable bonds is 7. The second-order valence-electron chi connectivity index (χ2n) is 5.09. The Morgan fingerprint density at radius 1 is 1.16 bits per heavy atom. The number of nitrogens with zero attached hydrogens (tertiary/aromatic N) is 2. The highest BCUT2D eigenvalue weighted by Gasteiger charge is 2.43. The van der Waals surface area contributed by atoms with Crippen LogP contribution in [0.4, 0.5) is 22.0 Å². The van der Waals surface area contributed by atoms with Gasteiger partial charge in [0.05, 0.1) is 11.3 Å². The first-order valence-corrected chi connectivity index (χ1v) is 7.03. The van der Waals surface area contributed by atoms with E-state index in [1.54, 1.807) is 0 Å². The molecule has 2 rings (SSSR count). The molecule has 0 saturated carbocycles. The first-order valence-electron chi connectivity index (χ1n) is 7.03. The number of aliphatic hydroxyl groups excluding tert-OH is 1. The zero-order valence-corrected chi connectivity index (χ0v) is 13.0. The third-order valence-corrected chi connectivity index (χ3v) is 3.29. The monoisotopic (exact) mass is 366 g/mol. The Kier molecular flexibility index (Phi) is 5.63. The Morgan fingerprint density at radius 2 is 1.84 bits per heavy atom. The van der Waals surface area contributed by atoms with Crippen LogP contribution in [0.15, 0.2) is 36.5 Å². The molecule has 25 heavy (non-hydrogen) atoms. The van der Waals surface area contributed by atoms with Crippen molar-refractivity contribution in [3.05, 3.63) is 47.8 Å². The number of para-hydroxylation sites is 1. The molecule has 1 heterocycles. The number of halogens is 5. The summed E-state index contributed by atoms with van der Waals surface area (Å²) in [6.45, 7) is -1.73. The van der Waals surface area contributed by atoms with Crippen LogP contribution in [0.1, 0.15) is 11.3 Å². The predicted molar refractivity (Wildman–Crippen MR) is 76.0 cm³/mol. The second kappa shape index (κ2) is 7.36. The third-order valence-electron chi connectivity index (χ3n) is 3.29. The molecule has 1 aromatic carbocycles. The van der Waals surface area contributed by atoms with E-state index in [9.17, 15) is 27.1 Å². The summed E-state index contributed by atoms with van der Waals surface area (Å²) in [5.74, 6) is -4.05. The van der Waals surface area contributed by atoms with Crippen LogP contribution in [-0.2, 0) is 23.8 Å². The van der Waals surface area contributed by atoms with Crippen molar-refractivity contribution in [2.24, 2.45) is 0 Å². The van der Waals surface area contributed by atoms with E-state index < -0.39 is 37.1 Å². The average Bonchev–Trinajstić information content (AvgIpc) is 2.97. The van der Waals surface area contributed by atoms with Crippen LogP contribution in [-0.4, -0.2) is 34.5 Å². The Morgan fingerprint density at radius 3 is 2.48 bits per heavy atom. The average molecular weight is 366 g/mol. The van der Waals surface area contributed by atoms with Crippen molar-refractivity contribution in [2.75, 3.05) is 7.11 Å². The summed E-state index contributed by atoms with van der Waals surface area (Å²) in [7, 11) is 0.914. The number of alkyl halides is 5. The Bertz CT molecular complexity index is 702. The molecule has 0 aliphatic carbocycles. The van der Waals surface area contributed by atoms with Crippen molar-refractivity contribution in [1.29, 1.82) is 0 Å². The van der Waals surface area contributed by atoms with Crippen LogP contribution < -0.4 is 4.74 Å². The maximum absolute atomic E-state index is 14.2. The minimum absolute atomic E-state index is 0.0581. The van der Waals surface area contributed by atoms with Crippen molar-refractivity contribution in [1.82, 2.24) is 9.78 Å². The van der Waals surface area contributed by atoms with Gasteiger partial charge in [-0.2, -0.15) is 27.1 Å². The molecule has 1 N–H and O–H groups in total. The van der Waals surface area contributed by atoms with Gasteiger partial charge in [-0.1, -0.05) is 12.1 Å². The van der Waals surface area contributed by atoms with Gasteiger partial charge in [-0.05, 0) is 18.2 Å². The lowest BCUT2D eigenvalue weighted by Crippen LogP contribution is -2.32. The number of aromatic nitrogens is 2. The van der Waals surface area contributed by atoms with E-state index in [1.807, 2.05) is 0 Å². The maximum atomic E-state index is 14.2. The van der Waals surface area contributed by atoms with Crippen LogP contribution in [0.2, 0.25) is 0 Å². The lowest BCUT2D eigenvalue weighted by atomic mass is 10.1. The topological polar surface area (TPSA) is 56.5 Å². The molecule has 0 bridgehead atoms. The lowest BCUT2D eigenvalue weighted by molar-refractivity contribution is -0.229. The van der Waals surface area contributed by atoms with Crippen molar-refractivity contribution < 1.29 is 36.5 Å². The van der Waals surface area contributed by atoms with Crippen molar-refractivity contribution in [2.45, 2.75) is 31.5 Å². The third kappa shape index (κ3) is 4.67. The van der Waals surface area contributed by atoms with Gasteiger partial charge in [0.25, 0.3) is 0 Å². The van der Waals surface area contributed by atoms with Crippen molar-refractivity contribution in [3.63, 3.8) is 0 Å². The van der Waals surface area contributed by atoms with Gasteiger partial charge in [-0.15, -0.1) is 0 Å². The molecular formula is C15H15F5N2O3. The molecule has 138 valence electrons. The van der Waals surface area contributed by atoms with E-state index in [0.717, 1.165) is 19.4 Å². The van der Waals surface area contributed by atoms with Gasteiger partial charge in [0, 0.05) is 13.3 Å². The summed E-state index contributed by atoms with van der Waals surface area (Å²) in [6, 6.07) is 6.27. The van der Waals surface area contributed by atoms with E-state index in [-0.39, 0.29) is 11.4 Å². The van der Waals surface area contributed by atoms with Crippen LogP contribution in [0.5, 0.6) is 5.75 Å². The SMILES string of the molecule is COC(O)C(F)(F)c1ccccc1OCc1ccnn1CC(F)(F)F. The molecule has 0 fully saturated rings. The summed E-state index contributed by atoms with van der Waals surface area (Å²) in [4.78, 5) is 0. The number of methoxy groups -OCH3 is 1. The van der Waals surface area contributed by atoms with Crippen molar-refractivity contribution >= 4 is 0 Å². The first kappa shape index (κ1) is 19.1. The lowest BCUT2D eigenvalue weighted by Gasteiger charge is -2.23. The molecule has 2 aromatic rings. The van der Waals surface area contributed by atoms with Crippen LogP contribution in [0, 0.1) is 0 Å². The van der Waals surface area contributed by atoms with Gasteiger partial charge < -0.3 is 14.6 Å². The second-order valence-corrected chi connectivity index (χ2v) is 5.09. The molecule has 0 amide bonds. The molecule has 0 saturated heterocycles. The first-order chi connectivity index (χ1) is 11.6. The van der Waals surface area contributed by atoms with E-state index in [2.05, 4.69) is 9.84 Å². The van der Waals surface area contributed by atoms with Crippen LogP contribution in [0.3, 0.4) is 0 Å². The molecule has 5 nitrogen and oxygen atoms in total. The van der Waals surface area contributed by atoms with Gasteiger partial charge in [0.2, 0.25) is 6.29 Å². The molecule has 0 radical (unpaired) electrons. The Balaban J connectivity index is 2.19. The molecule has 0 aliphatic rings. The summed E-state index contributed by atoms with van der Waals surface area (Å²) >= 11 is 0. The van der Waals surface area contributed by atoms with E-state index in [0.29, 0.717) is 4.68 Å². The normalized spacial score (nSPS) is 13.7. The summed E-state index contributed by atoms with van der Waals surface area (Å²) in [5.41, 5.74) is -0.589. The molecule has 1 atom stereocenters. The molecule has 10 heteroatoms. The van der Waals surface area contributed by atoms with E-state index in [4.69, 9.17) is 4.74 Å². The number of hydrogen-bond acceptors (Lipinski definition) is 4. The maximum Gasteiger partial charge on any atom is 0.408 e. The highest BCUT2D eigenvalue weighted by atomic mass is 19.4. The van der Waals surface area contributed by atoms with Crippen molar-refractivity contribution in [3.8, 4) is 5.75 Å². The van der Waals surface area contributed by atoms with Crippen LogP contribution in [0.25, 0.3) is 0 Å². The fourth-order valence-corrected chi connectivity index (χ4v) is 2.10. The zero-order valence-electron chi connectivity index (χ0n) is 13.0. The van der Waals surface area contributed by atoms with Gasteiger partial charge in [0.15, 0.2) is 0 Å². The quantitative estimate of drug-likeness (QED) is 0.604. The number of aliphatic hydroxyl groups is 1. The standard InChI is InChI=1S/C15H15F5N2O3/c1-24-13(23)15(19,20)11-4-2-3-5-12(11)25-8-10-6-7-21-22(10)9-14(16,17)18/h2-7,13,23H,8-9H2,1H3. The van der Waals surface area contributed by atoms with Gasteiger partial charge in [0.1, 0.15) is 18.9 Å². The van der Waals surface area contributed by atoms with Gasteiger partial charge in [-0.25, -0.2) is 0 Å². The highest BCUT2D eigenvalue weighted by Crippen LogP contribution is 2.38. The van der Waals surface area contributed by atoms with Gasteiger partial charge in [-0.3, -0.25) is 4.68 Å². The molecule has 1 aromatic heterocycles.